The lowest BCUT2D eigenvalue weighted by atomic mass is 10.2. The molecule has 0 fully saturated rings. The fourth-order valence-electron chi connectivity index (χ4n) is 3.65. The molecule has 210 valence electrons. The summed E-state index contributed by atoms with van der Waals surface area (Å²) in [4.78, 5) is 54.1. The molecule has 1 aromatic carbocycles. The van der Waals surface area contributed by atoms with Gasteiger partial charge < -0.3 is 36.0 Å². The zero-order valence-electron chi connectivity index (χ0n) is 23.4. The number of hydrogen-bond acceptors (Lipinski definition) is 11. The Morgan fingerprint density at radius 3 is 1.68 bits per heavy atom. The maximum absolute atomic E-state index is 12.1. The van der Waals surface area contributed by atoms with E-state index in [-0.39, 0.29) is 12.2 Å². The summed E-state index contributed by atoms with van der Waals surface area (Å²) in [6.07, 6.45) is 3.40. The normalized spacial score (nSPS) is 11.5. The summed E-state index contributed by atoms with van der Waals surface area (Å²) in [5.41, 5.74) is 0.0473. The van der Waals surface area contributed by atoms with Gasteiger partial charge in [0.15, 0.2) is 0 Å². The van der Waals surface area contributed by atoms with Gasteiger partial charge in [-0.05, 0) is 93.6 Å². The van der Waals surface area contributed by atoms with E-state index in [1.54, 1.807) is 0 Å². The van der Waals surface area contributed by atoms with Crippen molar-refractivity contribution in [1.29, 1.82) is 0 Å². The van der Waals surface area contributed by atoms with Gasteiger partial charge in [-0.1, -0.05) is 6.58 Å². The molecule has 0 heterocycles. The van der Waals surface area contributed by atoms with Crippen molar-refractivity contribution in [1.82, 2.24) is 25.3 Å². The van der Waals surface area contributed by atoms with Gasteiger partial charge in [0.1, 0.15) is 11.4 Å². The van der Waals surface area contributed by atoms with E-state index in [4.69, 9.17) is 0 Å². The second kappa shape index (κ2) is 17.8. The standard InChI is InChI=1S/C26H47N7O4/c1-20(28-12-8-15-31(2)3)24(35)21(34)19-27-11-7-17-33(6)18-10-14-30-23-22(25(36)26(23)37)29-13-9-16-32(4)5/h27-30H,1,7-19H2,2-6H3. The average molecular weight is 522 g/mol. The summed E-state index contributed by atoms with van der Waals surface area (Å²) in [5, 5.41) is 12.1. The Morgan fingerprint density at radius 1 is 0.703 bits per heavy atom. The van der Waals surface area contributed by atoms with Crippen LogP contribution in [0.4, 0.5) is 11.4 Å². The number of carbonyl (C=O) groups excluding carboxylic acids is 2. The summed E-state index contributed by atoms with van der Waals surface area (Å²) in [6, 6.07) is 0. The molecule has 0 aliphatic carbocycles. The van der Waals surface area contributed by atoms with Crippen LogP contribution in [0.3, 0.4) is 0 Å². The van der Waals surface area contributed by atoms with E-state index in [9.17, 15) is 19.2 Å². The Hall–Kier alpha value is -2.60. The van der Waals surface area contributed by atoms with Gasteiger partial charge in [-0.3, -0.25) is 19.2 Å². The number of nitrogens with one attached hydrogen (secondary N) is 4. The SMILES string of the molecule is C=C(NCCCN(C)C)C(=O)C(=O)CNCCCN(C)CCCNc1c(NCCCN(C)C)c(=O)c1=O. The minimum Gasteiger partial charge on any atom is -0.382 e. The van der Waals surface area contributed by atoms with Crippen LogP contribution >= 0.6 is 0 Å². The molecule has 0 aliphatic rings. The molecule has 0 radical (unpaired) electrons. The number of ketones is 2. The lowest BCUT2D eigenvalue weighted by Crippen LogP contribution is -2.38. The highest BCUT2D eigenvalue weighted by Gasteiger charge is 2.20. The van der Waals surface area contributed by atoms with Gasteiger partial charge in [0, 0.05) is 19.6 Å². The average Bonchev–Trinajstić information content (AvgIpc) is 2.85. The summed E-state index contributed by atoms with van der Waals surface area (Å²) in [5.74, 6) is -1.06. The number of hydrogen-bond donors (Lipinski definition) is 4. The van der Waals surface area contributed by atoms with E-state index < -0.39 is 22.4 Å². The lowest BCUT2D eigenvalue weighted by Gasteiger charge is -2.18. The van der Waals surface area contributed by atoms with Crippen LogP contribution in [0.5, 0.6) is 0 Å². The Morgan fingerprint density at radius 2 is 1.16 bits per heavy atom. The molecule has 1 aromatic rings. The third-order valence-corrected chi connectivity index (χ3v) is 5.84. The summed E-state index contributed by atoms with van der Waals surface area (Å²) >= 11 is 0. The highest BCUT2D eigenvalue weighted by atomic mass is 16.2. The first-order valence-corrected chi connectivity index (χ1v) is 13.0. The highest BCUT2D eigenvalue weighted by Crippen LogP contribution is 2.14. The fourth-order valence-corrected chi connectivity index (χ4v) is 3.65. The summed E-state index contributed by atoms with van der Waals surface area (Å²) in [6.45, 7) is 9.60. The maximum atomic E-state index is 12.1. The second-order valence-corrected chi connectivity index (χ2v) is 9.92. The van der Waals surface area contributed by atoms with Gasteiger partial charge in [-0.25, -0.2) is 0 Å². The van der Waals surface area contributed by atoms with Gasteiger partial charge >= 0.3 is 0 Å². The van der Waals surface area contributed by atoms with Crippen LogP contribution in [0.1, 0.15) is 25.7 Å². The number of carbonyl (C=O) groups is 2. The predicted molar refractivity (Wildman–Crippen MR) is 151 cm³/mol. The van der Waals surface area contributed by atoms with Crippen molar-refractivity contribution in [2.75, 3.05) is 105 Å². The summed E-state index contributed by atoms with van der Waals surface area (Å²) < 4.78 is 0. The van der Waals surface area contributed by atoms with Gasteiger partial charge in [0.2, 0.25) is 11.6 Å². The molecular weight excluding hydrogens is 474 g/mol. The minimum atomic E-state index is -0.573. The zero-order chi connectivity index (χ0) is 27.8. The lowest BCUT2D eigenvalue weighted by molar-refractivity contribution is -0.134. The van der Waals surface area contributed by atoms with E-state index in [1.165, 1.54) is 0 Å². The van der Waals surface area contributed by atoms with E-state index in [1.807, 2.05) is 35.2 Å². The van der Waals surface area contributed by atoms with Crippen molar-refractivity contribution in [3.05, 3.63) is 32.7 Å². The Balaban J connectivity index is 2.14. The molecule has 0 aliphatic heterocycles. The van der Waals surface area contributed by atoms with Crippen molar-refractivity contribution in [3.63, 3.8) is 0 Å². The molecule has 1 rings (SSSR count). The van der Waals surface area contributed by atoms with Crippen LogP contribution in [0.15, 0.2) is 21.9 Å². The van der Waals surface area contributed by atoms with Crippen LogP contribution in [-0.4, -0.2) is 120 Å². The smallest absolute Gasteiger partial charge is 0.253 e. The molecule has 0 unspecified atom stereocenters. The molecule has 0 amide bonds. The van der Waals surface area contributed by atoms with Gasteiger partial charge in [0.05, 0.1) is 12.2 Å². The van der Waals surface area contributed by atoms with E-state index in [2.05, 4.69) is 42.5 Å². The molecule has 0 saturated carbocycles. The van der Waals surface area contributed by atoms with E-state index in [0.29, 0.717) is 37.6 Å². The highest BCUT2D eigenvalue weighted by molar-refractivity contribution is 6.43. The molecule has 0 saturated heterocycles. The van der Waals surface area contributed by atoms with Crippen LogP contribution in [-0.2, 0) is 9.59 Å². The third kappa shape index (κ3) is 13.0. The first-order chi connectivity index (χ1) is 17.5. The second-order valence-electron chi connectivity index (χ2n) is 9.92. The Kier molecular flexibility index (Phi) is 15.6. The fraction of sp³-hybridized carbons (Fsp3) is 0.692. The molecule has 11 heteroatoms. The van der Waals surface area contributed by atoms with Crippen LogP contribution in [0, 0.1) is 0 Å². The van der Waals surface area contributed by atoms with Crippen molar-refractivity contribution in [2.45, 2.75) is 25.7 Å². The van der Waals surface area contributed by atoms with Crippen LogP contribution in [0.25, 0.3) is 0 Å². The van der Waals surface area contributed by atoms with Crippen molar-refractivity contribution < 1.29 is 9.59 Å². The molecule has 37 heavy (non-hydrogen) atoms. The number of nitrogens with zero attached hydrogens (tertiary/aromatic N) is 3. The van der Waals surface area contributed by atoms with Gasteiger partial charge in [0.25, 0.3) is 10.9 Å². The molecule has 0 atom stereocenters. The van der Waals surface area contributed by atoms with Crippen molar-refractivity contribution >= 4 is 22.9 Å². The monoisotopic (exact) mass is 521 g/mol. The largest absolute Gasteiger partial charge is 0.382 e. The van der Waals surface area contributed by atoms with Crippen LogP contribution in [0.2, 0.25) is 0 Å². The summed E-state index contributed by atoms with van der Waals surface area (Å²) in [7, 11) is 9.96. The zero-order valence-corrected chi connectivity index (χ0v) is 23.4. The maximum Gasteiger partial charge on any atom is 0.253 e. The first kappa shape index (κ1) is 32.4. The van der Waals surface area contributed by atoms with E-state index >= 15 is 0 Å². The van der Waals surface area contributed by atoms with E-state index in [0.717, 1.165) is 51.9 Å². The minimum absolute atomic E-state index is 0.00175. The number of rotatable bonds is 23. The molecule has 0 bridgehead atoms. The Bertz CT molecular complexity index is 923. The number of anilines is 2. The number of Topliss-reactive ketones (excluding diaryl/α,β-unsaturated/α-hetero) is 2. The Labute approximate surface area is 221 Å². The molecule has 0 aromatic heterocycles. The van der Waals surface area contributed by atoms with Gasteiger partial charge in [-0.15, -0.1) is 0 Å². The molecule has 0 spiro atoms. The topological polar surface area (TPSA) is 126 Å². The third-order valence-electron chi connectivity index (χ3n) is 5.84. The van der Waals surface area contributed by atoms with Crippen molar-refractivity contribution in [2.24, 2.45) is 0 Å². The molecule has 11 nitrogen and oxygen atoms in total. The van der Waals surface area contributed by atoms with Crippen LogP contribution < -0.4 is 32.1 Å². The predicted octanol–water partition coefficient (Wildman–Crippen LogP) is -0.447. The molecule has 4 N–H and O–H groups in total. The van der Waals surface area contributed by atoms with Crippen molar-refractivity contribution in [3.8, 4) is 0 Å². The number of allylic oxidation sites excluding steroid dienone is 1. The quantitative estimate of drug-likeness (QED) is 0.0850. The van der Waals surface area contributed by atoms with Gasteiger partial charge in [-0.2, -0.15) is 0 Å². The molecular formula is C26H47N7O4. The first-order valence-electron chi connectivity index (χ1n) is 13.0.